The van der Waals surface area contributed by atoms with E-state index in [0.717, 1.165) is 34.8 Å². The van der Waals surface area contributed by atoms with Gasteiger partial charge in [-0.1, -0.05) is 12.1 Å². The largest absolute Gasteiger partial charge is 0.330 e. The predicted octanol–water partition coefficient (Wildman–Crippen LogP) is 4.27. The number of halogens is 2. The average molecular weight is 276 g/mol. The number of fused-ring (bicyclic) bond motifs is 1. The minimum atomic E-state index is -0.512. The van der Waals surface area contributed by atoms with Crippen LogP contribution in [0.3, 0.4) is 0 Å². The topological polar surface area (TPSA) is 20.7 Å². The second-order valence-electron chi connectivity index (χ2n) is 4.33. The maximum absolute atomic E-state index is 13.9. The molecule has 0 saturated heterocycles. The highest BCUT2D eigenvalue weighted by Crippen LogP contribution is 2.24. The monoisotopic (exact) mass is 276 g/mol. The Bertz CT molecular complexity index is 833. The van der Waals surface area contributed by atoms with Gasteiger partial charge in [-0.05, 0) is 42.9 Å². The highest BCUT2D eigenvalue weighted by Gasteiger charge is 2.13. The fourth-order valence-electron chi connectivity index (χ4n) is 2.22. The van der Waals surface area contributed by atoms with Crippen LogP contribution in [0.15, 0.2) is 36.4 Å². The van der Waals surface area contributed by atoms with Crippen LogP contribution in [0, 0.1) is 23.3 Å². The summed E-state index contributed by atoms with van der Waals surface area (Å²) in [5.74, 6) is -1.01. The van der Waals surface area contributed by atoms with Crippen molar-refractivity contribution in [1.29, 1.82) is 0 Å². The zero-order chi connectivity index (χ0) is 13.6. The lowest BCUT2D eigenvalue weighted by Crippen LogP contribution is -1.99. The highest BCUT2D eigenvalue weighted by molar-refractivity contribution is 7.71. The van der Waals surface area contributed by atoms with Gasteiger partial charge in [0.05, 0.1) is 16.7 Å². The second kappa shape index (κ2) is 4.28. The SMILES string of the molecule is Cc1cccc2[nH]c(=S)n(-c3cc(F)ccc3F)c12. The maximum Gasteiger partial charge on any atom is 0.182 e. The predicted molar refractivity (Wildman–Crippen MR) is 73.1 cm³/mol. The number of hydrogen-bond acceptors (Lipinski definition) is 1. The van der Waals surface area contributed by atoms with Crippen LogP contribution < -0.4 is 0 Å². The van der Waals surface area contributed by atoms with Gasteiger partial charge in [-0.15, -0.1) is 0 Å². The Morgan fingerprint density at radius 2 is 1.95 bits per heavy atom. The van der Waals surface area contributed by atoms with Crippen molar-refractivity contribution in [2.24, 2.45) is 0 Å². The molecule has 0 atom stereocenters. The number of benzene rings is 2. The first-order valence-corrected chi connectivity index (χ1v) is 6.14. The third-order valence-corrected chi connectivity index (χ3v) is 3.34. The molecule has 0 unspecified atom stereocenters. The Balaban J connectivity index is 2.46. The van der Waals surface area contributed by atoms with Crippen molar-refractivity contribution >= 4 is 23.3 Å². The smallest absolute Gasteiger partial charge is 0.182 e. The van der Waals surface area contributed by atoms with Crippen LogP contribution in [-0.2, 0) is 0 Å². The lowest BCUT2D eigenvalue weighted by molar-refractivity contribution is 0.593. The Morgan fingerprint density at radius 3 is 2.74 bits per heavy atom. The first-order chi connectivity index (χ1) is 9.08. The number of aromatic amines is 1. The molecule has 19 heavy (non-hydrogen) atoms. The van der Waals surface area contributed by atoms with E-state index in [1.807, 2.05) is 25.1 Å². The van der Waals surface area contributed by atoms with E-state index in [1.54, 1.807) is 0 Å². The fourth-order valence-corrected chi connectivity index (χ4v) is 2.52. The number of nitrogens with zero attached hydrogens (tertiary/aromatic N) is 1. The van der Waals surface area contributed by atoms with Crippen molar-refractivity contribution in [2.45, 2.75) is 6.92 Å². The van der Waals surface area contributed by atoms with Gasteiger partial charge in [0.15, 0.2) is 4.77 Å². The average Bonchev–Trinajstić information content (AvgIpc) is 2.70. The van der Waals surface area contributed by atoms with Crippen molar-refractivity contribution < 1.29 is 8.78 Å². The lowest BCUT2D eigenvalue weighted by atomic mass is 10.2. The Labute approximate surface area is 113 Å². The van der Waals surface area contributed by atoms with Gasteiger partial charge in [-0.3, -0.25) is 4.57 Å². The van der Waals surface area contributed by atoms with E-state index in [4.69, 9.17) is 12.2 Å². The van der Waals surface area contributed by atoms with Gasteiger partial charge in [0.1, 0.15) is 11.6 Å². The summed E-state index contributed by atoms with van der Waals surface area (Å²) in [5, 5.41) is 0. The number of nitrogens with one attached hydrogen (secondary N) is 1. The molecule has 0 aliphatic rings. The fraction of sp³-hybridized carbons (Fsp3) is 0.0714. The molecule has 0 aliphatic carbocycles. The van der Waals surface area contributed by atoms with Gasteiger partial charge in [-0.2, -0.15) is 0 Å². The van der Waals surface area contributed by atoms with Crippen LogP contribution in [0.4, 0.5) is 8.78 Å². The number of rotatable bonds is 1. The molecule has 0 amide bonds. The van der Waals surface area contributed by atoms with Crippen molar-refractivity contribution in [3.63, 3.8) is 0 Å². The van der Waals surface area contributed by atoms with Crippen LogP contribution in [0.1, 0.15) is 5.56 Å². The Kier molecular flexibility index (Phi) is 2.71. The summed E-state index contributed by atoms with van der Waals surface area (Å²) in [6.45, 7) is 1.90. The van der Waals surface area contributed by atoms with Gasteiger partial charge >= 0.3 is 0 Å². The first-order valence-electron chi connectivity index (χ1n) is 5.73. The molecule has 5 heteroatoms. The van der Waals surface area contributed by atoms with Gasteiger partial charge in [0, 0.05) is 6.07 Å². The summed E-state index contributed by atoms with van der Waals surface area (Å²) in [5.41, 5.74) is 2.62. The number of aromatic nitrogens is 2. The van der Waals surface area contributed by atoms with Crippen LogP contribution in [-0.4, -0.2) is 9.55 Å². The zero-order valence-corrected chi connectivity index (χ0v) is 10.9. The van der Waals surface area contributed by atoms with Gasteiger partial charge in [0.2, 0.25) is 0 Å². The zero-order valence-electron chi connectivity index (χ0n) is 10.1. The van der Waals surface area contributed by atoms with E-state index < -0.39 is 11.6 Å². The molecule has 96 valence electrons. The minimum absolute atomic E-state index is 0.116. The minimum Gasteiger partial charge on any atom is -0.330 e. The molecule has 1 N–H and O–H groups in total. The molecule has 1 aromatic heterocycles. The van der Waals surface area contributed by atoms with E-state index in [2.05, 4.69) is 4.98 Å². The van der Waals surface area contributed by atoms with Crippen LogP contribution in [0.25, 0.3) is 16.7 Å². The summed E-state index contributed by atoms with van der Waals surface area (Å²) < 4.78 is 29.1. The molecule has 0 spiro atoms. The van der Waals surface area contributed by atoms with Gasteiger partial charge in [0.25, 0.3) is 0 Å². The molecule has 0 radical (unpaired) electrons. The van der Waals surface area contributed by atoms with E-state index >= 15 is 0 Å². The quantitative estimate of drug-likeness (QED) is 0.658. The summed E-state index contributed by atoms with van der Waals surface area (Å²) in [4.78, 5) is 3.00. The molecule has 3 aromatic rings. The van der Waals surface area contributed by atoms with E-state index in [9.17, 15) is 8.78 Å². The van der Waals surface area contributed by atoms with Crippen molar-refractivity contribution in [3.8, 4) is 5.69 Å². The van der Waals surface area contributed by atoms with Gasteiger partial charge < -0.3 is 4.98 Å². The molecule has 0 bridgehead atoms. The molecule has 0 aliphatic heterocycles. The summed E-state index contributed by atoms with van der Waals surface area (Å²) in [7, 11) is 0. The summed E-state index contributed by atoms with van der Waals surface area (Å²) in [6.07, 6.45) is 0. The normalized spacial score (nSPS) is 11.1. The molecular weight excluding hydrogens is 266 g/mol. The highest BCUT2D eigenvalue weighted by atomic mass is 32.1. The molecule has 2 aromatic carbocycles. The second-order valence-corrected chi connectivity index (χ2v) is 4.72. The molecule has 0 fully saturated rings. The van der Waals surface area contributed by atoms with Crippen molar-refractivity contribution in [3.05, 3.63) is 58.4 Å². The molecule has 3 rings (SSSR count). The van der Waals surface area contributed by atoms with E-state index in [1.165, 1.54) is 4.57 Å². The maximum atomic E-state index is 13.9. The third kappa shape index (κ3) is 1.86. The first kappa shape index (κ1) is 12.0. The number of aryl methyl sites for hydroxylation is 1. The Morgan fingerprint density at radius 1 is 1.16 bits per heavy atom. The number of imidazole rings is 1. The summed E-state index contributed by atoms with van der Waals surface area (Å²) in [6, 6.07) is 8.97. The molecule has 0 saturated carbocycles. The van der Waals surface area contributed by atoms with Gasteiger partial charge in [-0.25, -0.2) is 8.78 Å². The number of hydrogen-bond donors (Lipinski definition) is 1. The lowest BCUT2D eigenvalue weighted by Gasteiger charge is -2.07. The van der Waals surface area contributed by atoms with Crippen LogP contribution in [0.2, 0.25) is 0 Å². The summed E-state index contributed by atoms with van der Waals surface area (Å²) >= 11 is 5.22. The van der Waals surface area contributed by atoms with E-state index in [0.29, 0.717) is 4.77 Å². The van der Waals surface area contributed by atoms with Crippen molar-refractivity contribution in [2.75, 3.05) is 0 Å². The number of H-pyrrole nitrogens is 1. The van der Waals surface area contributed by atoms with Crippen LogP contribution in [0.5, 0.6) is 0 Å². The van der Waals surface area contributed by atoms with E-state index in [-0.39, 0.29) is 5.69 Å². The van der Waals surface area contributed by atoms with Crippen LogP contribution >= 0.6 is 12.2 Å². The number of para-hydroxylation sites is 1. The molecule has 1 heterocycles. The molecule has 2 nitrogen and oxygen atoms in total. The third-order valence-electron chi connectivity index (χ3n) is 3.06. The van der Waals surface area contributed by atoms with Crippen molar-refractivity contribution in [1.82, 2.24) is 9.55 Å². The standard InChI is InChI=1S/C14H10F2N2S/c1-8-3-2-4-11-13(8)18(14(19)17-11)12-7-9(15)5-6-10(12)16/h2-7H,1H3,(H,17,19). The molecular formula is C14H10F2N2S. The Hall–Kier alpha value is -2.01.